The number of pyridine rings is 1. The fourth-order valence-corrected chi connectivity index (χ4v) is 3.33. The highest BCUT2D eigenvalue weighted by Crippen LogP contribution is 2.24. The molecule has 1 aromatic carbocycles. The number of carbonyl (C=O) groups excluding carboxylic acids is 1. The third-order valence-corrected chi connectivity index (χ3v) is 4.80. The average Bonchev–Trinajstić information content (AvgIpc) is 3.03. The van der Waals surface area contributed by atoms with Gasteiger partial charge in [0.25, 0.3) is 5.91 Å². The normalized spacial score (nSPS) is 10.5. The maximum Gasteiger partial charge on any atom is 0.266 e. The smallest absolute Gasteiger partial charge is 0.266 e. The van der Waals surface area contributed by atoms with E-state index in [2.05, 4.69) is 10.3 Å². The van der Waals surface area contributed by atoms with E-state index in [0.29, 0.717) is 17.3 Å². The molecule has 25 heavy (non-hydrogen) atoms. The van der Waals surface area contributed by atoms with Gasteiger partial charge in [-0.15, -0.1) is 11.3 Å². The molecule has 0 aliphatic rings. The highest BCUT2D eigenvalue weighted by atomic mass is 32.1. The van der Waals surface area contributed by atoms with Crippen LogP contribution in [0.15, 0.2) is 48.0 Å². The predicted octanol–water partition coefficient (Wildman–Crippen LogP) is 4.90. The minimum atomic E-state index is -0.151. The topological polar surface area (TPSA) is 51.2 Å². The number of nitrogens with zero attached hydrogens (tertiary/aromatic N) is 1. The van der Waals surface area contributed by atoms with Crippen molar-refractivity contribution < 1.29 is 9.53 Å². The number of benzene rings is 1. The van der Waals surface area contributed by atoms with Crippen molar-refractivity contribution in [3.8, 4) is 5.75 Å². The molecule has 2 aromatic heterocycles. The van der Waals surface area contributed by atoms with Gasteiger partial charge in [0.1, 0.15) is 18.2 Å². The van der Waals surface area contributed by atoms with Gasteiger partial charge in [0.2, 0.25) is 0 Å². The van der Waals surface area contributed by atoms with E-state index >= 15 is 0 Å². The zero-order chi connectivity index (χ0) is 17.8. The van der Waals surface area contributed by atoms with Crippen LogP contribution >= 0.6 is 11.3 Å². The maximum absolute atomic E-state index is 12.3. The molecule has 0 saturated heterocycles. The number of aryl methyl sites for hydroxylation is 3. The van der Waals surface area contributed by atoms with Crippen LogP contribution in [0.2, 0.25) is 0 Å². The molecule has 0 saturated carbocycles. The van der Waals surface area contributed by atoms with Crippen molar-refractivity contribution in [1.29, 1.82) is 0 Å². The van der Waals surface area contributed by atoms with Gasteiger partial charge < -0.3 is 10.1 Å². The lowest BCUT2D eigenvalue weighted by Crippen LogP contribution is -2.11. The van der Waals surface area contributed by atoms with Crippen LogP contribution in [0, 0.1) is 20.8 Å². The third-order valence-electron chi connectivity index (χ3n) is 3.83. The molecule has 0 aliphatic carbocycles. The monoisotopic (exact) mass is 352 g/mol. The summed E-state index contributed by atoms with van der Waals surface area (Å²) in [7, 11) is 0. The zero-order valence-corrected chi connectivity index (χ0v) is 15.3. The van der Waals surface area contributed by atoms with E-state index < -0.39 is 0 Å². The van der Waals surface area contributed by atoms with E-state index in [1.807, 2.05) is 62.5 Å². The average molecular weight is 352 g/mol. The first kappa shape index (κ1) is 17.2. The van der Waals surface area contributed by atoms with Crippen LogP contribution in [0.1, 0.15) is 31.9 Å². The Morgan fingerprint density at radius 2 is 1.92 bits per heavy atom. The van der Waals surface area contributed by atoms with E-state index in [-0.39, 0.29) is 5.91 Å². The summed E-state index contributed by atoms with van der Waals surface area (Å²) < 4.78 is 5.94. The largest absolute Gasteiger partial charge is 0.488 e. The number of para-hydroxylation sites is 1. The van der Waals surface area contributed by atoms with Gasteiger partial charge in [-0.3, -0.25) is 4.79 Å². The van der Waals surface area contributed by atoms with Gasteiger partial charge in [0.05, 0.1) is 4.88 Å². The molecule has 0 fully saturated rings. The fraction of sp³-hybridized carbons (Fsp3) is 0.200. The summed E-state index contributed by atoms with van der Waals surface area (Å²) in [6.45, 7) is 6.47. The molecule has 128 valence electrons. The second-order valence-electron chi connectivity index (χ2n) is 6.00. The van der Waals surface area contributed by atoms with Gasteiger partial charge >= 0.3 is 0 Å². The summed E-state index contributed by atoms with van der Waals surface area (Å²) in [6, 6.07) is 11.7. The molecular formula is C20H20N2O2S. The summed E-state index contributed by atoms with van der Waals surface area (Å²) >= 11 is 1.40. The second kappa shape index (κ2) is 7.49. The molecule has 3 rings (SSSR count). The minimum Gasteiger partial charge on any atom is -0.488 e. The summed E-state index contributed by atoms with van der Waals surface area (Å²) in [5, 5.41) is 4.77. The van der Waals surface area contributed by atoms with Crippen molar-refractivity contribution in [3.05, 3.63) is 75.1 Å². The van der Waals surface area contributed by atoms with Crippen LogP contribution in [-0.2, 0) is 6.61 Å². The van der Waals surface area contributed by atoms with Crippen molar-refractivity contribution in [2.75, 3.05) is 5.32 Å². The number of hydrogen-bond acceptors (Lipinski definition) is 4. The van der Waals surface area contributed by atoms with Crippen LogP contribution in [-0.4, -0.2) is 10.9 Å². The maximum atomic E-state index is 12.3. The first-order valence-corrected chi connectivity index (χ1v) is 8.91. The van der Waals surface area contributed by atoms with Gasteiger partial charge in [-0.05, 0) is 61.0 Å². The Hall–Kier alpha value is -2.66. The van der Waals surface area contributed by atoms with Crippen LogP contribution in [0.5, 0.6) is 5.75 Å². The van der Waals surface area contributed by atoms with Gasteiger partial charge in [-0.1, -0.05) is 18.2 Å². The molecule has 4 nitrogen and oxygen atoms in total. The highest BCUT2D eigenvalue weighted by molar-refractivity contribution is 7.12. The Balaban J connectivity index is 1.65. The third kappa shape index (κ3) is 4.25. The quantitative estimate of drug-likeness (QED) is 0.710. The highest BCUT2D eigenvalue weighted by Gasteiger charge is 2.11. The number of thiophene rings is 1. The number of amides is 1. The number of carbonyl (C=O) groups is 1. The van der Waals surface area contributed by atoms with E-state index in [4.69, 9.17) is 4.74 Å². The molecule has 1 N–H and O–H groups in total. The summed E-state index contributed by atoms with van der Waals surface area (Å²) in [6.07, 6.45) is 1.68. The first-order chi connectivity index (χ1) is 12.0. The van der Waals surface area contributed by atoms with Gasteiger partial charge in [0.15, 0.2) is 0 Å². The van der Waals surface area contributed by atoms with Crippen LogP contribution in [0.25, 0.3) is 0 Å². The molecule has 3 aromatic rings. The zero-order valence-electron chi connectivity index (χ0n) is 14.5. The van der Waals surface area contributed by atoms with Crippen LogP contribution in [0.3, 0.4) is 0 Å². The summed E-state index contributed by atoms with van der Waals surface area (Å²) in [4.78, 5) is 17.1. The molecule has 0 bridgehead atoms. The second-order valence-corrected chi connectivity index (χ2v) is 6.91. The Kier molecular flexibility index (Phi) is 5.14. The number of aromatic nitrogens is 1. The molecule has 1 amide bonds. The van der Waals surface area contributed by atoms with Gasteiger partial charge in [0, 0.05) is 11.8 Å². The SMILES string of the molecule is Cc1ccnc(NC(=O)c2cc(COc3c(C)cccc3C)cs2)c1. The lowest BCUT2D eigenvalue weighted by Gasteiger charge is -2.10. The van der Waals surface area contributed by atoms with Gasteiger partial charge in [-0.25, -0.2) is 4.98 Å². The standard InChI is InChI=1S/C20H20N2O2S/c1-13-7-8-21-18(9-13)22-20(23)17-10-16(12-25-17)11-24-19-14(2)5-4-6-15(19)3/h4-10,12H,11H2,1-3H3,(H,21,22,23). The molecule has 0 aliphatic heterocycles. The Morgan fingerprint density at radius 1 is 1.16 bits per heavy atom. The van der Waals surface area contributed by atoms with Crippen molar-refractivity contribution >= 4 is 23.1 Å². The fourth-order valence-electron chi connectivity index (χ4n) is 2.54. The van der Waals surface area contributed by atoms with Crippen molar-refractivity contribution in [1.82, 2.24) is 4.98 Å². The van der Waals surface area contributed by atoms with Crippen LogP contribution < -0.4 is 10.1 Å². The Labute approximate surface area is 151 Å². The minimum absolute atomic E-state index is 0.151. The van der Waals surface area contributed by atoms with Crippen molar-refractivity contribution in [3.63, 3.8) is 0 Å². The molecule has 0 atom stereocenters. The van der Waals surface area contributed by atoms with E-state index in [0.717, 1.165) is 28.0 Å². The lowest BCUT2D eigenvalue weighted by atomic mass is 10.1. The van der Waals surface area contributed by atoms with Crippen molar-refractivity contribution in [2.24, 2.45) is 0 Å². The lowest BCUT2D eigenvalue weighted by molar-refractivity contribution is 0.103. The Bertz CT molecular complexity index is 882. The first-order valence-electron chi connectivity index (χ1n) is 8.03. The number of ether oxygens (including phenoxy) is 1. The molecule has 5 heteroatoms. The molecule has 0 spiro atoms. The summed E-state index contributed by atoms with van der Waals surface area (Å²) in [5.41, 5.74) is 4.26. The van der Waals surface area contributed by atoms with Crippen LogP contribution in [0.4, 0.5) is 5.82 Å². The molecule has 2 heterocycles. The van der Waals surface area contributed by atoms with Crippen molar-refractivity contribution in [2.45, 2.75) is 27.4 Å². The molecular weight excluding hydrogens is 332 g/mol. The summed E-state index contributed by atoms with van der Waals surface area (Å²) in [5.74, 6) is 1.32. The number of anilines is 1. The Morgan fingerprint density at radius 3 is 2.64 bits per heavy atom. The number of hydrogen-bond donors (Lipinski definition) is 1. The van der Waals surface area contributed by atoms with Gasteiger partial charge in [-0.2, -0.15) is 0 Å². The number of nitrogens with one attached hydrogen (secondary N) is 1. The molecule has 0 unspecified atom stereocenters. The van der Waals surface area contributed by atoms with E-state index in [9.17, 15) is 4.79 Å². The van der Waals surface area contributed by atoms with E-state index in [1.54, 1.807) is 6.20 Å². The molecule has 0 radical (unpaired) electrons. The van der Waals surface area contributed by atoms with E-state index in [1.165, 1.54) is 11.3 Å². The number of rotatable bonds is 5. The predicted molar refractivity (Wildman–Crippen MR) is 101 cm³/mol.